The molecule has 1 fully saturated rings. The predicted octanol–water partition coefficient (Wildman–Crippen LogP) is -0.0173. The maximum absolute atomic E-state index is 5.59. The number of ether oxygens (including phenoxy) is 1. The fraction of sp³-hybridized carbons (Fsp3) is 0.889. The van der Waals surface area contributed by atoms with Crippen LogP contribution in [0, 0.1) is 0 Å². The first-order valence-corrected chi connectivity index (χ1v) is 4.99. The molecule has 0 bridgehead atoms. The van der Waals surface area contributed by atoms with Crippen LogP contribution in [0.2, 0.25) is 0 Å². The molecule has 14 heavy (non-hydrogen) atoms. The smallest absolute Gasteiger partial charge is 0.206 e. The Hall–Kier alpha value is -0.810. The topological polar surface area (TPSA) is 71.7 Å². The van der Waals surface area contributed by atoms with Crippen LogP contribution in [-0.4, -0.2) is 30.8 Å². The van der Waals surface area contributed by atoms with Crippen molar-refractivity contribution in [1.29, 1.82) is 0 Å². The van der Waals surface area contributed by atoms with Crippen molar-refractivity contribution < 1.29 is 4.74 Å². The molecule has 5 nitrogen and oxygen atoms in total. The number of hydrogen-bond donors (Lipinski definition) is 3. The average molecular weight is 200 g/mol. The molecular formula is C9H20N4O. The van der Waals surface area contributed by atoms with E-state index in [0.29, 0.717) is 25.2 Å². The van der Waals surface area contributed by atoms with Crippen LogP contribution < -0.4 is 16.6 Å². The van der Waals surface area contributed by atoms with E-state index in [-0.39, 0.29) is 5.60 Å². The fourth-order valence-electron chi connectivity index (χ4n) is 1.61. The fourth-order valence-corrected chi connectivity index (χ4v) is 1.61. The van der Waals surface area contributed by atoms with Gasteiger partial charge in [-0.1, -0.05) is 0 Å². The van der Waals surface area contributed by atoms with E-state index in [1.807, 2.05) is 6.92 Å². The molecule has 0 aromatic carbocycles. The van der Waals surface area contributed by atoms with Crippen LogP contribution in [0.1, 0.15) is 27.2 Å². The van der Waals surface area contributed by atoms with Gasteiger partial charge in [-0.05, 0) is 27.2 Å². The molecule has 0 saturated carbocycles. The highest BCUT2D eigenvalue weighted by Gasteiger charge is 2.32. The molecule has 1 atom stereocenters. The van der Waals surface area contributed by atoms with Crippen molar-refractivity contribution in [1.82, 2.24) is 10.7 Å². The summed E-state index contributed by atoms with van der Waals surface area (Å²) in [6.07, 6.45) is 0.970. The van der Waals surface area contributed by atoms with Crippen LogP contribution in [-0.2, 0) is 4.74 Å². The number of aliphatic imine (C=N–C) groups is 1. The van der Waals surface area contributed by atoms with Gasteiger partial charge in [0.25, 0.3) is 0 Å². The summed E-state index contributed by atoms with van der Waals surface area (Å²) in [5, 5.41) is 3.21. The molecule has 1 aliphatic heterocycles. The molecule has 0 aromatic rings. The number of nitrogens with zero attached hydrogens (tertiary/aromatic N) is 1. The van der Waals surface area contributed by atoms with E-state index in [2.05, 4.69) is 29.6 Å². The molecule has 0 aliphatic carbocycles. The van der Waals surface area contributed by atoms with Gasteiger partial charge in [0.05, 0.1) is 18.2 Å². The molecule has 5 heteroatoms. The van der Waals surface area contributed by atoms with Gasteiger partial charge >= 0.3 is 0 Å². The minimum Gasteiger partial charge on any atom is -0.373 e. The molecule has 4 N–H and O–H groups in total. The first-order chi connectivity index (χ1) is 6.57. The summed E-state index contributed by atoms with van der Waals surface area (Å²) in [7, 11) is 0. The maximum atomic E-state index is 5.59. The normalized spacial score (nSPS) is 26.3. The quantitative estimate of drug-likeness (QED) is 0.253. The van der Waals surface area contributed by atoms with E-state index in [0.717, 1.165) is 6.42 Å². The third kappa shape index (κ3) is 3.16. The van der Waals surface area contributed by atoms with Gasteiger partial charge in [-0.2, -0.15) is 0 Å². The predicted molar refractivity (Wildman–Crippen MR) is 56.9 cm³/mol. The standard InChI is InChI=1S/C9H20N4O/c1-4-11-8(13-10)12-7-5-9(2,3)14-6-7/h7H,4-6,10H2,1-3H3,(H2,11,12,13). The second-order valence-corrected chi connectivity index (χ2v) is 4.08. The molecule has 1 heterocycles. The summed E-state index contributed by atoms with van der Waals surface area (Å²) >= 11 is 0. The zero-order valence-corrected chi connectivity index (χ0v) is 9.13. The summed E-state index contributed by atoms with van der Waals surface area (Å²) in [6, 6.07) is 0.298. The lowest BCUT2D eigenvalue weighted by Crippen LogP contribution is -2.47. The van der Waals surface area contributed by atoms with Crippen molar-refractivity contribution in [2.45, 2.75) is 38.8 Å². The van der Waals surface area contributed by atoms with E-state index in [1.165, 1.54) is 0 Å². The molecule has 1 rings (SSSR count). The molecule has 0 amide bonds. The monoisotopic (exact) mass is 200 g/mol. The Labute approximate surface area is 85.1 Å². The largest absolute Gasteiger partial charge is 0.373 e. The van der Waals surface area contributed by atoms with E-state index >= 15 is 0 Å². The van der Waals surface area contributed by atoms with Gasteiger partial charge in [-0.3, -0.25) is 10.4 Å². The van der Waals surface area contributed by atoms with Crippen molar-refractivity contribution in [3.05, 3.63) is 0 Å². The highest BCUT2D eigenvalue weighted by Crippen LogP contribution is 2.24. The van der Waals surface area contributed by atoms with Crippen molar-refractivity contribution in [2.24, 2.45) is 10.8 Å². The Bertz CT molecular complexity index is 215. The molecule has 0 spiro atoms. The minimum atomic E-state index is -0.0381. The number of guanidine groups is 1. The minimum absolute atomic E-state index is 0.0381. The zero-order chi connectivity index (χ0) is 10.6. The summed E-state index contributed by atoms with van der Waals surface area (Å²) in [6.45, 7) is 7.55. The molecule has 1 saturated heterocycles. The van der Waals surface area contributed by atoms with Crippen LogP contribution >= 0.6 is 0 Å². The van der Waals surface area contributed by atoms with Crippen LogP contribution in [0.4, 0.5) is 0 Å². The summed E-state index contributed by atoms with van der Waals surface area (Å²) < 4.78 is 5.59. The Balaban J connectivity index is 2.42. The lowest BCUT2D eigenvalue weighted by atomic mass is 10.0. The van der Waals surface area contributed by atoms with Crippen molar-refractivity contribution >= 4 is 5.96 Å². The molecule has 1 unspecified atom stereocenters. The number of hydrazine groups is 1. The lowest BCUT2D eigenvalue weighted by molar-refractivity contribution is 0.0359. The Morgan fingerprint density at radius 2 is 2.36 bits per heavy atom. The van der Waals surface area contributed by atoms with Gasteiger partial charge in [-0.15, -0.1) is 0 Å². The number of nitrogens with one attached hydrogen (secondary N) is 2. The van der Waals surface area contributed by atoms with E-state index in [9.17, 15) is 0 Å². The number of nitrogens with two attached hydrogens (primary N) is 1. The lowest BCUT2D eigenvalue weighted by Gasteiger charge is -2.17. The van der Waals surface area contributed by atoms with Crippen LogP contribution in [0.3, 0.4) is 0 Å². The van der Waals surface area contributed by atoms with E-state index in [1.54, 1.807) is 0 Å². The van der Waals surface area contributed by atoms with Gasteiger partial charge in [0, 0.05) is 6.54 Å². The van der Waals surface area contributed by atoms with Crippen molar-refractivity contribution in [3.8, 4) is 0 Å². The van der Waals surface area contributed by atoms with E-state index in [4.69, 9.17) is 10.6 Å². The summed E-state index contributed by atoms with van der Waals surface area (Å²) in [4.78, 5) is 4.17. The first-order valence-electron chi connectivity index (χ1n) is 4.99. The molecular weight excluding hydrogens is 180 g/mol. The van der Waals surface area contributed by atoms with Gasteiger partial charge in [-0.25, -0.2) is 5.84 Å². The van der Waals surface area contributed by atoms with Gasteiger partial charge in [0.2, 0.25) is 5.96 Å². The van der Waals surface area contributed by atoms with Gasteiger partial charge < -0.3 is 10.1 Å². The average Bonchev–Trinajstić information content (AvgIpc) is 2.45. The molecule has 82 valence electrons. The maximum Gasteiger partial charge on any atom is 0.206 e. The molecule has 0 aromatic heterocycles. The third-order valence-corrected chi connectivity index (χ3v) is 2.21. The molecule has 1 aliphatic rings. The van der Waals surface area contributed by atoms with Crippen molar-refractivity contribution in [2.75, 3.05) is 13.2 Å². The SMILES string of the molecule is CCN=C(NN)NC1COC(C)(C)C1. The highest BCUT2D eigenvalue weighted by molar-refractivity contribution is 5.79. The van der Waals surface area contributed by atoms with Crippen LogP contribution in [0.25, 0.3) is 0 Å². The second kappa shape index (κ2) is 4.61. The number of hydrogen-bond acceptors (Lipinski definition) is 3. The van der Waals surface area contributed by atoms with E-state index < -0.39 is 0 Å². The zero-order valence-electron chi connectivity index (χ0n) is 9.13. The summed E-state index contributed by atoms with van der Waals surface area (Å²) in [5.74, 6) is 5.96. The van der Waals surface area contributed by atoms with Crippen LogP contribution in [0.15, 0.2) is 4.99 Å². The first kappa shape index (κ1) is 11.3. The van der Waals surface area contributed by atoms with Gasteiger partial charge in [0.15, 0.2) is 0 Å². The molecule has 0 radical (unpaired) electrons. The number of rotatable bonds is 2. The third-order valence-electron chi connectivity index (χ3n) is 2.21. The summed E-state index contributed by atoms with van der Waals surface area (Å²) in [5.41, 5.74) is 2.50. The Kier molecular flexibility index (Phi) is 3.71. The van der Waals surface area contributed by atoms with Crippen LogP contribution in [0.5, 0.6) is 0 Å². The Morgan fingerprint density at radius 3 is 2.79 bits per heavy atom. The second-order valence-electron chi connectivity index (χ2n) is 4.08. The highest BCUT2D eigenvalue weighted by atomic mass is 16.5. The van der Waals surface area contributed by atoms with Crippen molar-refractivity contribution in [3.63, 3.8) is 0 Å². The Morgan fingerprint density at radius 1 is 1.64 bits per heavy atom. The van der Waals surface area contributed by atoms with Gasteiger partial charge in [0.1, 0.15) is 0 Å².